The molecule has 0 heterocycles. The van der Waals surface area contributed by atoms with E-state index in [9.17, 15) is 0 Å². The summed E-state index contributed by atoms with van der Waals surface area (Å²) < 4.78 is 0. The molecule has 0 saturated carbocycles. The molecule has 14 heavy (non-hydrogen) atoms. The number of hydrogen-bond donors (Lipinski definition) is 1. The summed E-state index contributed by atoms with van der Waals surface area (Å²) in [5, 5.41) is 0. The number of benzene rings is 1. The Labute approximate surface area is 86.6 Å². The molecule has 0 fully saturated rings. The highest BCUT2D eigenvalue weighted by atomic mass is 14.5. The molecule has 0 radical (unpaired) electrons. The fourth-order valence-corrected chi connectivity index (χ4v) is 1.55. The van der Waals surface area contributed by atoms with E-state index in [1.165, 1.54) is 17.5 Å². The van der Waals surface area contributed by atoms with Gasteiger partial charge >= 0.3 is 0 Å². The zero-order chi connectivity index (χ0) is 10.4. The molecule has 1 aromatic carbocycles. The van der Waals surface area contributed by atoms with Crippen molar-refractivity contribution in [1.82, 2.24) is 0 Å². The summed E-state index contributed by atoms with van der Waals surface area (Å²) >= 11 is 0. The van der Waals surface area contributed by atoms with E-state index in [1.54, 1.807) is 0 Å². The number of nitrogens with two attached hydrogens (primary N) is 1. The second-order valence-corrected chi connectivity index (χ2v) is 3.70. The van der Waals surface area contributed by atoms with E-state index in [1.807, 2.05) is 6.08 Å². The van der Waals surface area contributed by atoms with Crippen molar-refractivity contribution in [2.75, 3.05) is 6.54 Å². The molecule has 0 aliphatic heterocycles. The van der Waals surface area contributed by atoms with Gasteiger partial charge in [-0.15, -0.1) is 0 Å². The first kappa shape index (κ1) is 11.0. The molecule has 1 nitrogen and oxygen atoms in total. The third-order valence-corrected chi connectivity index (χ3v) is 2.58. The highest BCUT2D eigenvalue weighted by Crippen LogP contribution is 2.20. The Morgan fingerprint density at radius 2 is 2.00 bits per heavy atom. The third-order valence-electron chi connectivity index (χ3n) is 2.58. The second-order valence-electron chi connectivity index (χ2n) is 3.70. The van der Waals surface area contributed by atoms with E-state index in [2.05, 4.69) is 37.8 Å². The van der Waals surface area contributed by atoms with Crippen molar-refractivity contribution in [2.24, 2.45) is 5.73 Å². The van der Waals surface area contributed by atoms with Crippen LogP contribution in [0.1, 0.15) is 36.8 Å². The van der Waals surface area contributed by atoms with Crippen molar-refractivity contribution < 1.29 is 0 Å². The average molecular weight is 189 g/mol. The maximum Gasteiger partial charge on any atom is -0.00771 e. The quantitative estimate of drug-likeness (QED) is 0.756. The topological polar surface area (TPSA) is 26.0 Å². The van der Waals surface area contributed by atoms with E-state index >= 15 is 0 Å². The van der Waals surface area contributed by atoms with Crippen molar-refractivity contribution >= 4 is 6.08 Å². The van der Waals surface area contributed by atoms with Crippen molar-refractivity contribution in [3.05, 3.63) is 42.0 Å². The molecular weight excluding hydrogens is 170 g/mol. The summed E-state index contributed by atoms with van der Waals surface area (Å²) in [6, 6.07) is 8.58. The van der Waals surface area contributed by atoms with Crippen molar-refractivity contribution in [2.45, 2.75) is 25.7 Å². The molecule has 0 aliphatic rings. The highest BCUT2D eigenvalue weighted by Gasteiger charge is 2.03. The summed E-state index contributed by atoms with van der Waals surface area (Å²) in [6.07, 6.45) is 4.14. The Bertz CT molecular complexity index is 274. The van der Waals surface area contributed by atoms with Crippen LogP contribution in [0.15, 0.2) is 30.8 Å². The lowest BCUT2D eigenvalue weighted by atomic mass is 9.95. The second kappa shape index (κ2) is 5.61. The molecule has 0 amide bonds. The van der Waals surface area contributed by atoms with Gasteiger partial charge < -0.3 is 5.73 Å². The number of hydrogen-bond acceptors (Lipinski definition) is 1. The van der Waals surface area contributed by atoms with Crippen molar-refractivity contribution in [3.63, 3.8) is 0 Å². The van der Waals surface area contributed by atoms with Gasteiger partial charge in [-0.05, 0) is 36.4 Å². The molecule has 0 aromatic heterocycles. The van der Waals surface area contributed by atoms with Gasteiger partial charge in [-0.2, -0.15) is 0 Å². The average Bonchev–Trinajstić information content (AvgIpc) is 2.26. The van der Waals surface area contributed by atoms with Gasteiger partial charge in [0.25, 0.3) is 0 Å². The number of rotatable bonds is 5. The molecule has 1 atom stereocenters. The molecule has 1 unspecified atom stereocenters. The lowest BCUT2D eigenvalue weighted by Crippen LogP contribution is -2.01. The molecule has 76 valence electrons. The lowest BCUT2D eigenvalue weighted by Gasteiger charge is -2.11. The summed E-state index contributed by atoms with van der Waals surface area (Å²) in [7, 11) is 0. The first-order valence-corrected chi connectivity index (χ1v) is 5.20. The van der Waals surface area contributed by atoms with Crippen LogP contribution in [0.3, 0.4) is 0 Å². The predicted molar refractivity (Wildman–Crippen MR) is 63.2 cm³/mol. The normalized spacial score (nSPS) is 12.4. The molecule has 1 heteroatoms. The van der Waals surface area contributed by atoms with Gasteiger partial charge in [0.15, 0.2) is 0 Å². The summed E-state index contributed by atoms with van der Waals surface area (Å²) in [6.45, 7) is 6.77. The van der Waals surface area contributed by atoms with Crippen molar-refractivity contribution in [1.29, 1.82) is 0 Å². The molecule has 2 N–H and O–H groups in total. The van der Waals surface area contributed by atoms with Gasteiger partial charge in [-0.25, -0.2) is 0 Å². The molecule has 1 aromatic rings. The highest BCUT2D eigenvalue weighted by molar-refractivity contribution is 5.47. The van der Waals surface area contributed by atoms with Crippen LogP contribution in [-0.4, -0.2) is 6.54 Å². The lowest BCUT2D eigenvalue weighted by molar-refractivity contribution is 0.641. The molecule has 0 aliphatic carbocycles. The smallest absolute Gasteiger partial charge is 0.00771 e. The fourth-order valence-electron chi connectivity index (χ4n) is 1.55. The Hall–Kier alpha value is -1.08. The maximum atomic E-state index is 5.49. The van der Waals surface area contributed by atoms with Crippen LogP contribution in [0.5, 0.6) is 0 Å². The standard InChI is InChI=1S/C13H19N/c1-3-12-6-8-13(9-7-12)11(2)5-4-10-14/h3,6-9,11H,1,4-5,10,14H2,2H3. The molecular formula is C13H19N. The van der Waals surface area contributed by atoms with Gasteiger partial charge in [0.05, 0.1) is 0 Å². The summed E-state index contributed by atoms with van der Waals surface area (Å²) in [5.74, 6) is 0.609. The van der Waals surface area contributed by atoms with E-state index in [-0.39, 0.29) is 0 Å². The molecule has 0 spiro atoms. The van der Waals surface area contributed by atoms with E-state index < -0.39 is 0 Å². The monoisotopic (exact) mass is 189 g/mol. The van der Waals surface area contributed by atoms with E-state index in [0.29, 0.717) is 5.92 Å². The Kier molecular flexibility index (Phi) is 4.41. The van der Waals surface area contributed by atoms with Crippen LogP contribution in [0.25, 0.3) is 6.08 Å². The van der Waals surface area contributed by atoms with Crippen LogP contribution in [0.4, 0.5) is 0 Å². The predicted octanol–water partition coefficient (Wildman–Crippen LogP) is 3.17. The van der Waals surface area contributed by atoms with Crippen LogP contribution in [-0.2, 0) is 0 Å². The first-order valence-electron chi connectivity index (χ1n) is 5.20. The third kappa shape index (κ3) is 3.00. The zero-order valence-electron chi connectivity index (χ0n) is 8.87. The maximum absolute atomic E-state index is 5.49. The Morgan fingerprint density at radius 1 is 1.36 bits per heavy atom. The van der Waals surface area contributed by atoms with Crippen LogP contribution in [0.2, 0.25) is 0 Å². The Balaban J connectivity index is 2.61. The zero-order valence-corrected chi connectivity index (χ0v) is 8.87. The minimum atomic E-state index is 0.609. The van der Waals surface area contributed by atoms with Crippen LogP contribution in [0, 0.1) is 0 Å². The molecule has 1 rings (SSSR count). The van der Waals surface area contributed by atoms with Crippen LogP contribution < -0.4 is 5.73 Å². The fraction of sp³-hybridized carbons (Fsp3) is 0.385. The van der Waals surface area contributed by atoms with Gasteiger partial charge in [0, 0.05) is 0 Å². The van der Waals surface area contributed by atoms with Crippen molar-refractivity contribution in [3.8, 4) is 0 Å². The largest absolute Gasteiger partial charge is 0.330 e. The first-order chi connectivity index (χ1) is 6.77. The SMILES string of the molecule is C=Cc1ccc(C(C)CCCN)cc1. The van der Waals surface area contributed by atoms with Crippen LogP contribution >= 0.6 is 0 Å². The van der Waals surface area contributed by atoms with Gasteiger partial charge in [-0.1, -0.05) is 43.8 Å². The summed E-state index contributed by atoms with van der Waals surface area (Å²) in [5.41, 5.74) is 8.06. The van der Waals surface area contributed by atoms with Gasteiger partial charge in [0.2, 0.25) is 0 Å². The molecule has 0 saturated heterocycles. The van der Waals surface area contributed by atoms with Gasteiger partial charge in [-0.3, -0.25) is 0 Å². The van der Waals surface area contributed by atoms with E-state index in [0.717, 1.165) is 13.0 Å². The Morgan fingerprint density at radius 3 is 2.50 bits per heavy atom. The molecule has 0 bridgehead atoms. The minimum absolute atomic E-state index is 0.609. The van der Waals surface area contributed by atoms with Gasteiger partial charge in [0.1, 0.15) is 0 Å². The van der Waals surface area contributed by atoms with E-state index in [4.69, 9.17) is 5.73 Å². The minimum Gasteiger partial charge on any atom is -0.330 e. The summed E-state index contributed by atoms with van der Waals surface area (Å²) in [4.78, 5) is 0.